The van der Waals surface area contributed by atoms with Gasteiger partial charge in [0.2, 0.25) is 0 Å². The molecule has 0 radical (unpaired) electrons. The van der Waals surface area contributed by atoms with Gasteiger partial charge >= 0.3 is 0 Å². The summed E-state index contributed by atoms with van der Waals surface area (Å²) < 4.78 is 0. The zero-order valence-corrected chi connectivity index (χ0v) is 8.72. The molecule has 2 heteroatoms. The van der Waals surface area contributed by atoms with Gasteiger partial charge < -0.3 is 0 Å². The van der Waals surface area contributed by atoms with Crippen molar-refractivity contribution >= 4 is 27.9 Å². The van der Waals surface area contributed by atoms with Crippen molar-refractivity contribution in [3.05, 3.63) is 54.9 Å². The molecule has 0 amide bonds. The van der Waals surface area contributed by atoms with Crippen LogP contribution in [0.5, 0.6) is 0 Å². The number of hydrogen-bond donors (Lipinski definition) is 0. The fourth-order valence-corrected chi connectivity index (χ4v) is 1.97. The maximum atomic E-state index is 4.41. The van der Waals surface area contributed by atoms with E-state index >= 15 is 0 Å². The predicted octanol–water partition coefficient (Wildman–Crippen LogP) is 3.43. The topological polar surface area (TPSA) is 25.8 Å². The molecule has 0 atom stereocenters. The summed E-state index contributed by atoms with van der Waals surface area (Å²) in [5.41, 5.74) is 2.99. The Morgan fingerprint density at radius 3 is 2.56 bits per heavy atom. The van der Waals surface area contributed by atoms with Crippen LogP contribution in [0.1, 0.15) is 5.56 Å². The van der Waals surface area contributed by atoms with Gasteiger partial charge in [0.25, 0.3) is 0 Å². The Morgan fingerprint density at radius 1 is 1.00 bits per heavy atom. The molecule has 16 heavy (non-hydrogen) atoms. The molecule has 2 heterocycles. The summed E-state index contributed by atoms with van der Waals surface area (Å²) in [6.07, 6.45) is 5.45. The van der Waals surface area contributed by atoms with Crippen LogP contribution in [0.4, 0.5) is 0 Å². The fraction of sp³-hybridized carbons (Fsp3) is 0. The lowest BCUT2D eigenvalue weighted by atomic mass is 10.0. The molecule has 76 valence electrons. The van der Waals surface area contributed by atoms with E-state index in [4.69, 9.17) is 0 Å². The van der Waals surface area contributed by atoms with Crippen molar-refractivity contribution in [3.63, 3.8) is 0 Å². The van der Waals surface area contributed by atoms with Gasteiger partial charge in [0.1, 0.15) is 0 Å². The monoisotopic (exact) mass is 206 g/mol. The first-order valence-corrected chi connectivity index (χ1v) is 5.15. The second-order valence-corrected chi connectivity index (χ2v) is 3.64. The summed E-state index contributed by atoms with van der Waals surface area (Å²) in [5, 5.41) is 2.20. The molecule has 0 unspecified atom stereocenters. The number of hydrogen-bond acceptors (Lipinski definition) is 2. The van der Waals surface area contributed by atoms with E-state index in [-0.39, 0.29) is 0 Å². The summed E-state index contributed by atoms with van der Waals surface area (Å²) in [5.74, 6) is 0. The van der Waals surface area contributed by atoms with Gasteiger partial charge in [0.15, 0.2) is 0 Å². The Balaban J connectivity index is 2.62. The number of nitrogens with zero attached hydrogens (tertiary/aromatic N) is 2. The van der Waals surface area contributed by atoms with Crippen LogP contribution in [0.15, 0.2) is 49.3 Å². The molecular weight excluding hydrogens is 196 g/mol. The van der Waals surface area contributed by atoms with Crippen molar-refractivity contribution in [2.45, 2.75) is 0 Å². The Morgan fingerprint density at radius 2 is 1.75 bits per heavy atom. The molecule has 3 aromatic rings. The number of fused-ring (bicyclic) bond motifs is 3. The van der Waals surface area contributed by atoms with Crippen molar-refractivity contribution in [2.24, 2.45) is 0 Å². The van der Waals surface area contributed by atoms with Gasteiger partial charge in [-0.05, 0) is 23.8 Å². The number of pyridine rings is 2. The molecule has 0 aliphatic heterocycles. The summed E-state index contributed by atoms with van der Waals surface area (Å²) in [7, 11) is 0. The van der Waals surface area contributed by atoms with Gasteiger partial charge in [-0.1, -0.05) is 24.8 Å². The quantitative estimate of drug-likeness (QED) is 0.570. The van der Waals surface area contributed by atoms with Crippen molar-refractivity contribution in [3.8, 4) is 0 Å². The van der Waals surface area contributed by atoms with E-state index in [0.717, 1.165) is 27.4 Å². The van der Waals surface area contributed by atoms with Gasteiger partial charge in [-0.15, -0.1) is 0 Å². The van der Waals surface area contributed by atoms with Gasteiger partial charge in [-0.3, -0.25) is 9.97 Å². The Hall–Kier alpha value is -2.22. The van der Waals surface area contributed by atoms with Crippen LogP contribution in [0.25, 0.3) is 27.9 Å². The molecule has 0 fully saturated rings. The molecule has 0 aliphatic carbocycles. The molecular formula is C14H10N2. The average Bonchev–Trinajstić information content (AvgIpc) is 2.38. The second-order valence-electron chi connectivity index (χ2n) is 3.64. The van der Waals surface area contributed by atoms with Gasteiger partial charge in [-0.25, -0.2) is 0 Å². The highest BCUT2D eigenvalue weighted by Crippen LogP contribution is 2.25. The molecule has 0 N–H and O–H groups in total. The van der Waals surface area contributed by atoms with Crippen LogP contribution >= 0.6 is 0 Å². The SMILES string of the molecule is C=Cc1cc2cccnc2c2ncccc12. The van der Waals surface area contributed by atoms with Gasteiger partial charge in [-0.2, -0.15) is 0 Å². The Bertz CT molecular complexity index is 686. The maximum Gasteiger partial charge on any atom is 0.0970 e. The number of benzene rings is 1. The van der Waals surface area contributed by atoms with E-state index in [1.165, 1.54) is 0 Å². The maximum absolute atomic E-state index is 4.41. The van der Waals surface area contributed by atoms with Crippen LogP contribution in [0.2, 0.25) is 0 Å². The zero-order valence-electron chi connectivity index (χ0n) is 8.72. The van der Waals surface area contributed by atoms with Crippen LogP contribution in [0, 0.1) is 0 Å². The molecule has 0 bridgehead atoms. The van der Waals surface area contributed by atoms with E-state index in [2.05, 4.69) is 22.6 Å². The smallest absolute Gasteiger partial charge is 0.0970 e. The molecule has 1 aromatic carbocycles. The van der Waals surface area contributed by atoms with E-state index in [0.29, 0.717) is 0 Å². The fourth-order valence-electron chi connectivity index (χ4n) is 1.97. The number of aromatic nitrogens is 2. The van der Waals surface area contributed by atoms with E-state index in [1.807, 2.05) is 30.3 Å². The zero-order chi connectivity index (χ0) is 11.0. The first kappa shape index (κ1) is 9.04. The van der Waals surface area contributed by atoms with E-state index < -0.39 is 0 Å². The molecule has 0 aliphatic rings. The summed E-state index contributed by atoms with van der Waals surface area (Å²) in [6.45, 7) is 3.84. The standard InChI is InChI=1S/C14H10N2/c1-2-10-9-11-5-3-7-15-13(11)14-12(10)6-4-8-16-14/h2-9H,1H2. The van der Waals surface area contributed by atoms with E-state index in [1.54, 1.807) is 12.4 Å². The normalized spacial score (nSPS) is 10.8. The highest BCUT2D eigenvalue weighted by Gasteiger charge is 2.05. The Labute approximate surface area is 93.3 Å². The number of rotatable bonds is 1. The minimum Gasteiger partial charge on any atom is -0.254 e. The third-order valence-electron chi connectivity index (χ3n) is 2.71. The summed E-state index contributed by atoms with van der Waals surface area (Å²) in [6, 6.07) is 10.1. The molecule has 0 spiro atoms. The lowest BCUT2D eigenvalue weighted by molar-refractivity contribution is 1.37. The molecule has 2 nitrogen and oxygen atoms in total. The summed E-state index contributed by atoms with van der Waals surface area (Å²) >= 11 is 0. The minimum atomic E-state index is 0.940. The van der Waals surface area contributed by atoms with Crippen molar-refractivity contribution in [1.29, 1.82) is 0 Å². The first-order valence-electron chi connectivity index (χ1n) is 5.15. The lowest BCUT2D eigenvalue weighted by Crippen LogP contribution is -1.87. The van der Waals surface area contributed by atoms with Crippen LogP contribution in [0.3, 0.4) is 0 Å². The lowest BCUT2D eigenvalue weighted by Gasteiger charge is -2.05. The highest BCUT2D eigenvalue weighted by atomic mass is 14.7. The molecule has 0 saturated carbocycles. The Kier molecular flexibility index (Phi) is 1.93. The largest absolute Gasteiger partial charge is 0.254 e. The third kappa shape index (κ3) is 1.20. The van der Waals surface area contributed by atoms with Crippen molar-refractivity contribution in [1.82, 2.24) is 9.97 Å². The molecule has 3 rings (SSSR count). The third-order valence-corrected chi connectivity index (χ3v) is 2.71. The molecule has 2 aromatic heterocycles. The van der Waals surface area contributed by atoms with Crippen LogP contribution in [-0.2, 0) is 0 Å². The van der Waals surface area contributed by atoms with Crippen molar-refractivity contribution in [2.75, 3.05) is 0 Å². The van der Waals surface area contributed by atoms with Gasteiger partial charge in [0.05, 0.1) is 11.0 Å². The molecule has 0 saturated heterocycles. The van der Waals surface area contributed by atoms with E-state index in [9.17, 15) is 0 Å². The predicted molar refractivity (Wildman–Crippen MR) is 67.1 cm³/mol. The minimum absolute atomic E-state index is 0.940. The highest BCUT2D eigenvalue weighted by molar-refractivity contribution is 6.06. The first-order chi connectivity index (χ1) is 7.90. The second kappa shape index (κ2) is 3.42. The van der Waals surface area contributed by atoms with Crippen LogP contribution < -0.4 is 0 Å². The van der Waals surface area contributed by atoms with Crippen molar-refractivity contribution < 1.29 is 0 Å². The average molecular weight is 206 g/mol. The van der Waals surface area contributed by atoms with Crippen LogP contribution in [-0.4, -0.2) is 9.97 Å². The summed E-state index contributed by atoms with van der Waals surface area (Å²) in [4.78, 5) is 8.80. The van der Waals surface area contributed by atoms with Gasteiger partial charge in [0, 0.05) is 23.2 Å².